The molecule has 2 saturated carbocycles. The Kier molecular flexibility index (Phi) is 30.6. The van der Waals surface area contributed by atoms with Crippen molar-refractivity contribution in [3.8, 4) is 0 Å². The highest BCUT2D eigenvalue weighted by molar-refractivity contribution is 9.11. The number of amides is 2. The van der Waals surface area contributed by atoms with E-state index in [-0.39, 0.29) is 68.6 Å². The van der Waals surface area contributed by atoms with Crippen LogP contribution in [0.4, 0.5) is 11.5 Å². The Morgan fingerprint density at radius 2 is 1.17 bits per heavy atom. The van der Waals surface area contributed by atoms with Gasteiger partial charge in [0.15, 0.2) is 12.0 Å². The summed E-state index contributed by atoms with van der Waals surface area (Å²) >= 11 is 15.2. The van der Waals surface area contributed by atoms with Gasteiger partial charge >= 0.3 is 29.7 Å². The number of aromatic nitrogens is 14. The van der Waals surface area contributed by atoms with Crippen molar-refractivity contribution < 1.29 is 57.6 Å². The summed E-state index contributed by atoms with van der Waals surface area (Å²) in [6.07, 6.45) is 25.0. The van der Waals surface area contributed by atoms with Crippen molar-refractivity contribution in [1.29, 1.82) is 0 Å². The van der Waals surface area contributed by atoms with E-state index in [0.717, 1.165) is 62.3 Å². The Morgan fingerprint density at radius 1 is 0.652 bits per heavy atom. The van der Waals surface area contributed by atoms with Gasteiger partial charge in [-0.15, -0.1) is 0 Å². The fourth-order valence-electron chi connectivity index (χ4n) is 7.30. The molecule has 7 aromatic rings. The first-order chi connectivity index (χ1) is 42.4. The van der Waals surface area contributed by atoms with Crippen molar-refractivity contribution in [3.05, 3.63) is 168 Å². The lowest BCUT2D eigenvalue weighted by molar-refractivity contribution is -0.612. The lowest BCUT2D eigenvalue weighted by atomic mass is 9.89. The number of Topliss-reactive ketones (excluding diaryl/α,β-unsaturated/α-hetero) is 1. The van der Waals surface area contributed by atoms with Crippen LogP contribution in [0.2, 0.25) is 0 Å². The summed E-state index contributed by atoms with van der Waals surface area (Å²) in [5.74, 6) is -3.44. The number of nitrogens with zero attached hydrogens (tertiary/aromatic N) is 12. The lowest BCUT2D eigenvalue weighted by Crippen LogP contribution is -2.48. The topological polar surface area (TPSA) is 461 Å². The SMILES string of the molecule is CCOC(=O)c1ncc(Br)c(=O)[nH]1.CCOC(=O)c1ncc(Br)c[n+]1[O-].CCOC(=O)c1ncc(Br)cn1.NC(=O)c1ncc(Br)c(=O)[nH]1.O=C(O)c1ncc(Br)cn1.O=C1CCCCC1.O=C1NC2(CCCCC2)n2c1ncc(Nc1ccncn1)c2=O. The third kappa shape index (κ3) is 23.8. The van der Waals surface area contributed by atoms with Gasteiger partial charge < -0.3 is 45.9 Å². The van der Waals surface area contributed by atoms with E-state index in [4.69, 9.17) is 10.8 Å². The first kappa shape index (κ1) is 72.9. The highest BCUT2D eigenvalue weighted by Crippen LogP contribution is 2.36. The van der Waals surface area contributed by atoms with Gasteiger partial charge in [-0.3, -0.25) is 38.3 Å². The number of nitrogens with one attached hydrogen (secondary N) is 4. The highest BCUT2D eigenvalue weighted by atomic mass is 79.9. The number of aromatic carboxylic acids is 1. The van der Waals surface area contributed by atoms with Gasteiger partial charge in [0.25, 0.3) is 28.5 Å². The maximum absolute atomic E-state index is 12.9. The number of carboxylic acid groups (broad SMARTS) is 1. The largest absolute Gasteiger partial charge is 0.710 e. The minimum Gasteiger partial charge on any atom is -0.710 e. The molecule has 32 nitrogen and oxygen atoms in total. The number of aromatic amines is 2. The second kappa shape index (κ2) is 37.3. The number of nitrogens with two attached hydrogens (primary N) is 1. The van der Waals surface area contributed by atoms with Crippen LogP contribution in [0.1, 0.15) is 149 Å². The van der Waals surface area contributed by atoms with E-state index in [1.165, 1.54) is 73.1 Å². The van der Waals surface area contributed by atoms with Gasteiger partial charge in [0.05, 0.1) is 35.0 Å². The van der Waals surface area contributed by atoms with Crippen molar-refractivity contribution >= 4 is 133 Å². The normalized spacial score (nSPS) is 12.9. The average Bonchev–Trinajstić information content (AvgIpc) is 1.70. The molecular weight excluding hydrogens is 1500 g/mol. The van der Waals surface area contributed by atoms with Gasteiger partial charge in [0, 0.05) is 56.2 Å². The monoisotopic (exact) mass is 1550 g/mol. The third-order valence-corrected chi connectivity index (χ3v) is 13.6. The average molecular weight is 1560 g/mol. The van der Waals surface area contributed by atoms with Gasteiger partial charge in [-0.25, -0.2) is 68.8 Å². The maximum atomic E-state index is 12.9. The third-order valence-electron chi connectivity index (χ3n) is 11.2. The molecule has 1 aliphatic heterocycles. The molecule has 10 rings (SSSR count). The molecule has 0 unspecified atom stereocenters. The number of primary amides is 1. The van der Waals surface area contributed by atoms with Crippen molar-refractivity contribution in [2.75, 3.05) is 25.1 Å². The molecule has 0 bridgehead atoms. The quantitative estimate of drug-likeness (QED) is 0.0395. The molecule has 89 heavy (non-hydrogen) atoms. The van der Waals surface area contributed by atoms with E-state index in [0.29, 0.717) is 37.6 Å². The zero-order valence-electron chi connectivity index (χ0n) is 47.1. The fraction of sp³-hybridized carbons (Fsp3) is 0.327. The van der Waals surface area contributed by atoms with E-state index in [9.17, 15) is 53.2 Å². The number of esters is 3. The molecule has 3 aliphatic rings. The predicted molar refractivity (Wildman–Crippen MR) is 329 cm³/mol. The second-order valence-electron chi connectivity index (χ2n) is 17.5. The number of hydrogen-bond acceptors (Lipinski definition) is 25. The Bertz CT molecular complexity index is 3740. The minimum absolute atomic E-state index is 0.0834. The minimum atomic E-state index is -1.12. The molecule has 2 amide bonds. The molecule has 0 radical (unpaired) electrons. The Labute approximate surface area is 545 Å². The Balaban J connectivity index is 0.000000229. The predicted octanol–water partition coefficient (Wildman–Crippen LogP) is 6.00. The molecule has 2 aliphatic carbocycles. The van der Waals surface area contributed by atoms with E-state index in [2.05, 4.69) is 164 Å². The van der Waals surface area contributed by atoms with Gasteiger partial charge in [-0.1, -0.05) is 12.8 Å². The van der Waals surface area contributed by atoms with Gasteiger partial charge in [-0.05, 0) is 150 Å². The molecule has 0 saturated heterocycles. The van der Waals surface area contributed by atoms with Crippen molar-refractivity contribution in [1.82, 2.24) is 69.7 Å². The fourth-order valence-corrected chi connectivity index (χ4v) is 8.40. The van der Waals surface area contributed by atoms with Gasteiger partial charge in [-0.2, -0.15) is 0 Å². The highest BCUT2D eigenvalue weighted by Gasteiger charge is 2.45. The molecule has 37 heteroatoms. The van der Waals surface area contributed by atoms with Crippen LogP contribution >= 0.6 is 79.6 Å². The number of rotatable bonds is 10. The lowest BCUT2D eigenvalue weighted by Gasteiger charge is -2.34. The van der Waals surface area contributed by atoms with Crippen molar-refractivity contribution in [3.63, 3.8) is 0 Å². The number of ether oxygens (including phenoxy) is 3. The van der Waals surface area contributed by atoms with Crippen LogP contribution in [0.5, 0.6) is 0 Å². The number of carbonyl (C=O) groups excluding carboxylic acids is 6. The summed E-state index contributed by atoms with van der Waals surface area (Å²) < 4.78 is 18.3. The van der Waals surface area contributed by atoms with Crippen molar-refractivity contribution in [2.24, 2.45) is 5.73 Å². The van der Waals surface area contributed by atoms with Gasteiger partial charge in [0.1, 0.15) is 48.9 Å². The summed E-state index contributed by atoms with van der Waals surface area (Å²) in [6, 6.07) is 1.66. The molecule has 1 spiro atoms. The number of halogens is 5. The van der Waals surface area contributed by atoms with Crippen LogP contribution in [-0.2, 0) is 24.7 Å². The summed E-state index contributed by atoms with van der Waals surface area (Å²) in [7, 11) is 0. The van der Waals surface area contributed by atoms with Gasteiger partial charge in [0.2, 0.25) is 23.3 Å². The smallest absolute Gasteiger partial charge is 0.426 e. The summed E-state index contributed by atoms with van der Waals surface area (Å²) in [5, 5.41) is 25.3. The van der Waals surface area contributed by atoms with Crippen LogP contribution in [0, 0.1) is 5.21 Å². The zero-order chi connectivity index (χ0) is 65.6. The number of fused-ring (bicyclic) bond motifs is 2. The molecule has 8 heterocycles. The van der Waals surface area contributed by atoms with Crippen molar-refractivity contribution in [2.45, 2.75) is 90.6 Å². The van der Waals surface area contributed by atoms with E-state index in [1.807, 2.05) is 0 Å². The number of anilines is 2. The van der Waals surface area contributed by atoms with Crippen LogP contribution in [0.3, 0.4) is 0 Å². The Hall–Kier alpha value is -8.55. The van der Waals surface area contributed by atoms with Crippen LogP contribution < -0.4 is 37.8 Å². The first-order valence-electron chi connectivity index (χ1n) is 26.2. The maximum Gasteiger partial charge on any atom is 0.426 e. The van der Waals surface area contributed by atoms with E-state index < -0.39 is 46.6 Å². The molecule has 0 atom stereocenters. The molecule has 472 valence electrons. The van der Waals surface area contributed by atoms with E-state index >= 15 is 0 Å². The van der Waals surface area contributed by atoms with E-state index in [1.54, 1.807) is 33.0 Å². The molecule has 7 N–H and O–H groups in total. The number of ketones is 1. The zero-order valence-corrected chi connectivity index (χ0v) is 55.0. The number of carboxylic acids is 1. The van der Waals surface area contributed by atoms with Crippen LogP contribution in [0.25, 0.3) is 0 Å². The van der Waals surface area contributed by atoms with Crippen LogP contribution in [0.15, 0.2) is 111 Å². The summed E-state index contributed by atoms with van der Waals surface area (Å²) in [4.78, 5) is 153. The number of hydrogen-bond donors (Lipinski definition) is 6. The second-order valence-corrected chi connectivity index (χ2v) is 22.0. The van der Waals surface area contributed by atoms with Crippen LogP contribution in [-0.4, -0.2) is 131 Å². The molecular formula is C52H54Br5N17O15. The summed E-state index contributed by atoms with van der Waals surface area (Å²) in [6.45, 7) is 5.87. The standard InChI is InChI=1S/C15H16N6O2.2C7H7BrN2O3.C7H7BrN2O2.C6H10O.C5H4BrN3O2.C5H3BrN2O2/c22-13-12-17-8-10(19-11-4-7-16-9-18-11)14(23)21(12)15(20-13)5-2-1-3-6-15;1-2-13-7(11)6-9-3-5(8)4-10(6)12;1-2-13-7(12)5-9-3-4(8)6(11)10-5;1-2-12-7(11)6-9-3-5(8)4-10-6;7-6-4-2-1-3-5-6;6-2-1-8-4(3(7)10)9-5(2)11;6-3-1-7-4(5(9)10)8-2-3/h4,7-9H,1-3,5-6H2,(H,20,22)(H,16,18,19);3-4H,2H2,1H3;3H,2H2,1H3,(H,9,10,11);3-4H,2H2,1H3;1-5H2;1H,(H2,7,10)(H,8,9,11);1-2H,(H,9,10). The molecule has 7 aromatic heterocycles. The molecule has 2 fully saturated rings. The summed E-state index contributed by atoms with van der Waals surface area (Å²) in [5.41, 5.74) is 3.44. The molecule has 0 aromatic carbocycles. The first-order valence-corrected chi connectivity index (χ1v) is 30.1. The number of carbonyl (C=O) groups is 7. The number of H-pyrrole nitrogens is 2. The Morgan fingerprint density at radius 3 is 1.66 bits per heavy atom.